The Labute approximate surface area is 82.6 Å². The maximum atomic E-state index is 5.56. The molecule has 0 amide bonds. The van der Waals surface area contributed by atoms with E-state index >= 15 is 0 Å². The number of nitrogens with two attached hydrogens (primary N) is 1. The zero-order chi connectivity index (χ0) is 8.10. The van der Waals surface area contributed by atoms with Crippen molar-refractivity contribution in [3.8, 4) is 0 Å². The van der Waals surface area contributed by atoms with Gasteiger partial charge in [0.05, 0.1) is 0 Å². The lowest BCUT2D eigenvalue weighted by molar-refractivity contribution is 0.841. The quantitative estimate of drug-likeness (QED) is 0.598. The Kier molecular flexibility index (Phi) is 6.06. The van der Waals surface area contributed by atoms with Crippen LogP contribution in [0.4, 0.5) is 0 Å². The van der Waals surface area contributed by atoms with Crippen molar-refractivity contribution >= 4 is 24.2 Å². The molecule has 68 valence electrons. The van der Waals surface area contributed by atoms with E-state index in [2.05, 4.69) is 9.97 Å². The van der Waals surface area contributed by atoms with Gasteiger partial charge in [-0.2, -0.15) is 0 Å². The van der Waals surface area contributed by atoms with Crippen LogP contribution in [0.1, 0.15) is 6.92 Å². The smallest absolute Gasteiger partial charge is 0.187 e. The van der Waals surface area contributed by atoms with Crippen LogP contribution in [-0.4, -0.2) is 21.8 Å². The first-order valence-electron chi connectivity index (χ1n) is 3.44. The Bertz CT molecular complexity index is 205. The lowest BCUT2D eigenvalue weighted by atomic mass is 10.4. The Hall–Kier alpha value is -0.320. The molecule has 12 heavy (non-hydrogen) atoms. The van der Waals surface area contributed by atoms with Gasteiger partial charge in [-0.05, 0) is 13.0 Å². The second-order valence-electron chi connectivity index (χ2n) is 2.32. The molecule has 3 nitrogen and oxygen atoms in total. The van der Waals surface area contributed by atoms with Gasteiger partial charge >= 0.3 is 0 Å². The van der Waals surface area contributed by atoms with Crippen molar-refractivity contribution in [1.82, 2.24) is 9.97 Å². The zero-order valence-electron chi connectivity index (χ0n) is 6.80. The molecule has 0 radical (unpaired) electrons. The molecular formula is C7H12ClN3S. The molecule has 0 aliphatic heterocycles. The first-order chi connectivity index (χ1) is 5.29. The Balaban J connectivity index is 0.00000121. The summed E-state index contributed by atoms with van der Waals surface area (Å²) in [6.07, 6.45) is 3.47. The van der Waals surface area contributed by atoms with E-state index in [1.807, 2.05) is 6.92 Å². The van der Waals surface area contributed by atoms with Crippen molar-refractivity contribution in [2.45, 2.75) is 18.1 Å². The highest BCUT2D eigenvalue weighted by molar-refractivity contribution is 7.99. The molecule has 0 saturated carbocycles. The molecule has 1 aromatic heterocycles. The first-order valence-corrected chi connectivity index (χ1v) is 4.43. The minimum atomic E-state index is 0. The summed E-state index contributed by atoms with van der Waals surface area (Å²) in [4.78, 5) is 8.09. The van der Waals surface area contributed by atoms with Gasteiger partial charge in [0.1, 0.15) is 0 Å². The molecule has 5 heteroatoms. The number of hydrogen-bond donors (Lipinski definition) is 1. The standard InChI is InChI=1S/C7H11N3S.ClH/c1-6(8)5-11-7-9-3-2-4-10-7;/h2-4,6H,5,8H2,1H3;1H. The molecule has 1 aromatic rings. The fourth-order valence-corrected chi connectivity index (χ4v) is 1.25. The van der Waals surface area contributed by atoms with Gasteiger partial charge in [-0.3, -0.25) is 0 Å². The van der Waals surface area contributed by atoms with Gasteiger partial charge in [0, 0.05) is 24.2 Å². The van der Waals surface area contributed by atoms with Crippen molar-refractivity contribution in [2.75, 3.05) is 5.75 Å². The zero-order valence-corrected chi connectivity index (χ0v) is 8.44. The number of hydrogen-bond acceptors (Lipinski definition) is 4. The Morgan fingerprint density at radius 2 is 2.08 bits per heavy atom. The second kappa shape index (κ2) is 6.22. The summed E-state index contributed by atoms with van der Waals surface area (Å²) < 4.78 is 0. The second-order valence-corrected chi connectivity index (χ2v) is 3.31. The van der Waals surface area contributed by atoms with Crippen LogP contribution in [0.3, 0.4) is 0 Å². The van der Waals surface area contributed by atoms with Crippen LogP contribution in [0, 0.1) is 0 Å². The normalized spacial score (nSPS) is 11.8. The summed E-state index contributed by atoms with van der Waals surface area (Å²) in [7, 11) is 0. The minimum absolute atomic E-state index is 0. The van der Waals surface area contributed by atoms with E-state index in [0.29, 0.717) is 0 Å². The molecular weight excluding hydrogens is 194 g/mol. The van der Waals surface area contributed by atoms with Gasteiger partial charge in [-0.1, -0.05) is 11.8 Å². The fraction of sp³-hybridized carbons (Fsp3) is 0.429. The summed E-state index contributed by atoms with van der Waals surface area (Å²) >= 11 is 1.58. The SMILES string of the molecule is CC(N)CSc1ncccn1.Cl. The third-order valence-corrected chi connectivity index (χ3v) is 2.18. The number of rotatable bonds is 3. The highest BCUT2D eigenvalue weighted by atomic mass is 35.5. The van der Waals surface area contributed by atoms with Crippen molar-refractivity contribution < 1.29 is 0 Å². The third kappa shape index (κ3) is 4.54. The summed E-state index contributed by atoms with van der Waals surface area (Å²) in [6.45, 7) is 1.97. The number of aromatic nitrogens is 2. The van der Waals surface area contributed by atoms with Crippen molar-refractivity contribution in [1.29, 1.82) is 0 Å². The fourth-order valence-electron chi connectivity index (χ4n) is 0.566. The van der Waals surface area contributed by atoms with Crippen LogP contribution in [0.25, 0.3) is 0 Å². The predicted octanol–water partition coefficient (Wildman–Crippen LogP) is 1.34. The highest BCUT2D eigenvalue weighted by Gasteiger charge is 1.97. The van der Waals surface area contributed by atoms with Crippen LogP contribution in [0.5, 0.6) is 0 Å². The molecule has 0 aliphatic rings. The molecule has 0 fully saturated rings. The molecule has 0 aromatic carbocycles. The summed E-state index contributed by atoms with van der Waals surface area (Å²) in [5, 5.41) is 0.796. The van der Waals surface area contributed by atoms with E-state index in [4.69, 9.17) is 5.73 Å². The summed E-state index contributed by atoms with van der Waals surface area (Å²) in [5.41, 5.74) is 5.56. The topological polar surface area (TPSA) is 51.8 Å². The van der Waals surface area contributed by atoms with E-state index in [0.717, 1.165) is 10.9 Å². The number of halogens is 1. The van der Waals surface area contributed by atoms with E-state index in [1.165, 1.54) is 0 Å². The van der Waals surface area contributed by atoms with Gasteiger partial charge in [-0.25, -0.2) is 9.97 Å². The molecule has 1 rings (SSSR count). The lowest BCUT2D eigenvalue weighted by Gasteiger charge is -2.01. The van der Waals surface area contributed by atoms with Crippen LogP contribution in [-0.2, 0) is 0 Å². The van der Waals surface area contributed by atoms with Gasteiger partial charge in [0.2, 0.25) is 0 Å². The van der Waals surface area contributed by atoms with Gasteiger partial charge in [0.15, 0.2) is 5.16 Å². The van der Waals surface area contributed by atoms with Crippen LogP contribution in [0.2, 0.25) is 0 Å². The lowest BCUT2D eigenvalue weighted by Crippen LogP contribution is -2.17. The first kappa shape index (κ1) is 11.7. The summed E-state index contributed by atoms with van der Waals surface area (Å²) in [6, 6.07) is 2.00. The van der Waals surface area contributed by atoms with Crippen molar-refractivity contribution in [2.24, 2.45) is 5.73 Å². The third-order valence-electron chi connectivity index (χ3n) is 1.02. The van der Waals surface area contributed by atoms with Gasteiger partial charge in [0.25, 0.3) is 0 Å². The van der Waals surface area contributed by atoms with Crippen molar-refractivity contribution in [3.05, 3.63) is 18.5 Å². The van der Waals surface area contributed by atoms with Crippen LogP contribution >= 0.6 is 24.2 Å². The largest absolute Gasteiger partial charge is 0.327 e. The molecule has 0 aliphatic carbocycles. The molecule has 2 N–H and O–H groups in total. The average Bonchev–Trinajstić information content (AvgIpc) is 2.03. The number of nitrogens with zero attached hydrogens (tertiary/aromatic N) is 2. The summed E-state index contributed by atoms with van der Waals surface area (Å²) in [5.74, 6) is 0.865. The molecule has 1 unspecified atom stereocenters. The molecule has 1 atom stereocenters. The molecule has 0 bridgehead atoms. The number of thioether (sulfide) groups is 1. The van der Waals surface area contributed by atoms with Crippen molar-refractivity contribution in [3.63, 3.8) is 0 Å². The molecule has 1 heterocycles. The monoisotopic (exact) mass is 205 g/mol. The molecule has 0 spiro atoms. The Morgan fingerprint density at radius 1 is 1.50 bits per heavy atom. The van der Waals surface area contributed by atoms with E-state index in [1.54, 1.807) is 30.2 Å². The minimum Gasteiger partial charge on any atom is -0.327 e. The van der Waals surface area contributed by atoms with Crippen LogP contribution in [0.15, 0.2) is 23.6 Å². The molecule has 0 saturated heterocycles. The van der Waals surface area contributed by atoms with Gasteiger partial charge in [-0.15, -0.1) is 12.4 Å². The van der Waals surface area contributed by atoms with Crippen LogP contribution < -0.4 is 5.73 Å². The maximum absolute atomic E-state index is 5.56. The maximum Gasteiger partial charge on any atom is 0.187 e. The van der Waals surface area contributed by atoms with E-state index < -0.39 is 0 Å². The highest BCUT2D eigenvalue weighted by Crippen LogP contribution is 2.10. The predicted molar refractivity (Wildman–Crippen MR) is 53.7 cm³/mol. The van der Waals surface area contributed by atoms with Gasteiger partial charge < -0.3 is 5.73 Å². The Morgan fingerprint density at radius 3 is 2.58 bits per heavy atom. The van der Waals surface area contributed by atoms with E-state index in [-0.39, 0.29) is 18.4 Å². The average molecular weight is 206 g/mol. The van der Waals surface area contributed by atoms with E-state index in [9.17, 15) is 0 Å².